The first-order valence-electron chi connectivity index (χ1n) is 7.19. The van der Waals surface area contributed by atoms with Crippen LogP contribution in [0.5, 0.6) is 0 Å². The highest BCUT2D eigenvalue weighted by Gasteiger charge is 2.27. The third-order valence-corrected chi connectivity index (χ3v) is 3.91. The van der Waals surface area contributed by atoms with Crippen molar-refractivity contribution < 1.29 is 13.9 Å². The van der Waals surface area contributed by atoms with Crippen LogP contribution in [-0.4, -0.2) is 47.3 Å². The Morgan fingerprint density at radius 1 is 1.57 bits per heavy atom. The van der Waals surface area contributed by atoms with Crippen molar-refractivity contribution in [1.82, 2.24) is 14.9 Å². The highest BCUT2D eigenvalue weighted by atomic mass is 19.1. The van der Waals surface area contributed by atoms with Crippen molar-refractivity contribution in [2.24, 2.45) is 0 Å². The van der Waals surface area contributed by atoms with Crippen molar-refractivity contribution in [3.8, 4) is 0 Å². The molecule has 1 N–H and O–H groups in total. The minimum absolute atomic E-state index is 0.170. The van der Waals surface area contributed by atoms with Crippen LogP contribution < -0.4 is 0 Å². The number of hydrogen-bond donors (Lipinski definition) is 1. The van der Waals surface area contributed by atoms with Gasteiger partial charge in [-0.25, -0.2) is 14.2 Å². The number of ether oxygens (including phenoxy) is 1. The standard InChI is InChI=1S/C15H18FN3O2/c16-5-8-21-15(20)19-7-2-3-11(10-19)13-9-18-14-12(13)4-1-6-17-14/h1,4,6,9,11H,2-3,5,7-8,10H2,(H,17,18). The minimum atomic E-state index is -0.642. The number of hydrogen-bond acceptors (Lipinski definition) is 3. The van der Waals surface area contributed by atoms with Gasteiger partial charge in [0.25, 0.3) is 0 Å². The Morgan fingerprint density at radius 3 is 3.33 bits per heavy atom. The molecule has 1 amide bonds. The summed E-state index contributed by atoms with van der Waals surface area (Å²) in [5.74, 6) is 0.259. The van der Waals surface area contributed by atoms with Gasteiger partial charge in [-0.05, 0) is 30.5 Å². The minimum Gasteiger partial charge on any atom is -0.447 e. The van der Waals surface area contributed by atoms with Crippen molar-refractivity contribution in [3.05, 3.63) is 30.1 Å². The molecule has 1 aliphatic heterocycles. The van der Waals surface area contributed by atoms with Gasteiger partial charge in [0.1, 0.15) is 18.9 Å². The highest BCUT2D eigenvalue weighted by Crippen LogP contribution is 2.31. The van der Waals surface area contributed by atoms with E-state index in [1.165, 1.54) is 5.56 Å². The number of amides is 1. The Bertz CT molecular complexity index is 628. The van der Waals surface area contributed by atoms with Crippen molar-refractivity contribution in [3.63, 3.8) is 0 Å². The molecule has 1 atom stereocenters. The summed E-state index contributed by atoms with van der Waals surface area (Å²) in [6, 6.07) is 3.95. The van der Waals surface area contributed by atoms with Crippen molar-refractivity contribution in [1.29, 1.82) is 0 Å². The predicted molar refractivity (Wildman–Crippen MR) is 77.0 cm³/mol. The summed E-state index contributed by atoms with van der Waals surface area (Å²) in [4.78, 5) is 21.0. The summed E-state index contributed by atoms with van der Waals surface area (Å²) >= 11 is 0. The maximum atomic E-state index is 12.1. The van der Waals surface area contributed by atoms with Gasteiger partial charge in [0, 0.05) is 36.8 Å². The van der Waals surface area contributed by atoms with Crippen LogP contribution in [0.2, 0.25) is 0 Å². The predicted octanol–water partition coefficient (Wildman–Crippen LogP) is 2.85. The first kappa shape index (κ1) is 13.9. The second-order valence-corrected chi connectivity index (χ2v) is 5.23. The van der Waals surface area contributed by atoms with E-state index < -0.39 is 12.8 Å². The van der Waals surface area contributed by atoms with Crippen LogP contribution in [0.25, 0.3) is 11.0 Å². The van der Waals surface area contributed by atoms with Gasteiger partial charge in [-0.3, -0.25) is 0 Å². The van der Waals surface area contributed by atoms with E-state index in [0.717, 1.165) is 23.9 Å². The fraction of sp³-hybridized carbons (Fsp3) is 0.467. The molecule has 112 valence electrons. The van der Waals surface area contributed by atoms with Crippen LogP contribution in [0.4, 0.5) is 9.18 Å². The van der Waals surface area contributed by atoms with Crippen LogP contribution in [0.1, 0.15) is 24.3 Å². The quantitative estimate of drug-likeness (QED) is 0.946. The number of carbonyl (C=O) groups excluding carboxylic acids is 1. The van der Waals surface area contributed by atoms with Crippen LogP contribution >= 0.6 is 0 Å². The summed E-state index contributed by atoms with van der Waals surface area (Å²) in [6.07, 6.45) is 5.25. The molecule has 0 spiro atoms. The third kappa shape index (κ3) is 2.84. The molecule has 0 aliphatic carbocycles. The molecule has 0 aromatic carbocycles. The van der Waals surface area contributed by atoms with Crippen LogP contribution in [0.15, 0.2) is 24.5 Å². The lowest BCUT2D eigenvalue weighted by Crippen LogP contribution is -2.39. The number of H-pyrrole nitrogens is 1. The number of nitrogens with one attached hydrogen (secondary N) is 1. The van der Waals surface area contributed by atoms with E-state index in [9.17, 15) is 9.18 Å². The zero-order valence-corrected chi connectivity index (χ0v) is 11.7. The number of rotatable bonds is 3. The van der Waals surface area contributed by atoms with Crippen molar-refractivity contribution >= 4 is 17.1 Å². The fourth-order valence-corrected chi connectivity index (χ4v) is 2.93. The first-order valence-corrected chi connectivity index (χ1v) is 7.19. The van der Waals surface area contributed by atoms with E-state index in [1.807, 2.05) is 18.3 Å². The maximum absolute atomic E-state index is 12.1. The van der Waals surface area contributed by atoms with E-state index in [1.54, 1.807) is 11.1 Å². The number of fused-ring (bicyclic) bond motifs is 1. The number of alkyl halides is 1. The topological polar surface area (TPSA) is 58.2 Å². The summed E-state index contributed by atoms with van der Waals surface area (Å²) < 4.78 is 17.0. The molecule has 6 heteroatoms. The number of aromatic amines is 1. The summed E-state index contributed by atoms with van der Waals surface area (Å²) in [7, 11) is 0. The summed E-state index contributed by atoms with van der Waals surface area (Å²) in [5, 5.41) is 1.10. The molecule has 3 rings (SSSR count). The second-order valence-electron chi connectivity index (χ2n) is 5.23. The number of piperidine rings is 1. The largest absolute Gasteiger partial charge is 0.447 e. The average molecular weight is 291 g/mol. The molecule has 3 heterocycles. The highest BCUT2D eigenvalue weighted by molar-refractivity contribution is 5.80. The molecular formula is C15H18FN3O2. The molecule has 21 heavy (non-hydrogen) atoms. The number of carbonyl (C=O) groups is 1. The van der Waals surface area contributed by atoms with Crippen LogP contribution in [0, 0.1) is 0 Å². The fourth-order valence-electron chi connectivity index (χ4n) is 2.93. The SMILES string of the molecule is O=C(OCCF)N1CCCC(c2c[nH]c3ncccc23)C1. The normalized spacial score (nSPS) is 18.9. The Hall–Kier alpha value is -2.11. The number of aromatic nitrogens is 2. The lowest BCUT2D eigenvalue weighted by atomic mass is 9.91. The van der Waals surface area contributed by atoms with Gasteiger partial charge in [-0.2, -0.15) is 0 Å². The summed E-state index contributed by atoms with van der Waals surface area (Å²) in [6.45, 7) is 0.462. The number of halogens is 1. The summed E-state index contributed by atoms with van der Waals surface area (Å²) in [5.41, 5.74) is 2.05. The maximum Gasteiger partial charge on any atom is 0.409 e. The number of nitrogens with zero attached hydrogens (tertiary/aromatic N) is 2. The third-order valence-electron chi connectivity index (χ3n) is 3.91. The molecule has 1 saturated heterocycles. The van der Waals surface area contributed by atoms with Gasteiger partial charge in [0.15, 0.2) is 0 Å². The molecule has 0 radical (unpaired) electrons. The molecule has 2 aromatic rings. The van der Waals surface area contributed by atoms with E-state index in [-0.39, 0.29) is 12.5 Å². The van der Waals surface area contributed by atoms with Crippen molar-refractivity contribution in [2.45, 2.75) is 18.8 Å². The van der Waals surface area contributed by atoms with Gasteiger partial charge in [-0.15, -0.1) is 0 Å². The van der Waals surface area contributed by atoms with E-state index in [2.05, 4.69) is 9.97 Å². The molecule has 0 saturated carbocycles. The monoisotopic (exact) mass is 291 g/mol. The van der Waals surface area contributed by atoms with Crippen LogP contribution in [0.3, 0.4) is 0 Å². The van der Waals surface area contributed by atoms with E-state index in [0.29, 0.717) is 13.1 Å². The van der Waals surface area contributed by atoms with Gasteiger partial charge in [0.05, 0.1) is 0 Å². The Kier molecular flexibility index (Phi) is 4.03. The van der Waals surface area contributed by atoms with E-state index >= 15 is 0 Å². The lowest BCUT2D eigenvalue weighted by Gasteiger charge is -2.31. The van der Waals surface area contributed by atoms with Gasteiger partial charge >= 0.3 is 6.09 Å². The molecule has 1 fully saturated rings. The average Bonchev–Trinajstić information content (AvgIpc) is 2.97. The number of likely N-dealkylation sites (tertiary alicyclic amines) is 1. The molecule has 0 bridgehead atoms. The first-order chi connectivity index (χ1) is 10.3. The van der Waals surface area contributed by atoms with Crippen LogP contribution in [-0.2, 0) is 4.74 Å². The molecule has 1 aliphatic rings. The number of pyridine rings is 1. The Labute approximate surface area is 122 Å². The van der Waals surface area contributed by atoms with E-state index in [4.69, 9.17) is 4.74 Å². The van der Waals surface area contributed by atoms with Crippen molar-refractivity contribution in [2.75, 3.05) is 26.4 Å². The van der Waals surface area contributed by atoms with Gasteiger partial charge in [-0.1, -0.05) is 0 Å². The smallest absolute Gasteiger partial charge is 0.409 e. The zero-order valence-electron chi connectivity index (χ0n) is 11.7. The molecule has 5 nitrogen and oxygen atoms in total. The second kappa shape index (κ2) is 6.11. The lowest BCUT2D eigenvalue weighted by molar-refractivity contribution is 0.0864. The molecule has 1 unspecified atom stereocenters. The van der Waals surface area contributed by atoms with Gasteiger partial charge < -0.3 is 14.6 Å². The Morgan fingerprint density at radius 2 is 2.48 bits per heavy atom. The molecular weight excluding hydrogens is 273 g/mol. The Balaban J connectivity index is 1.75. The zero-order chi connectivity index (χ0) is 14.7. The van der Waals surface area contributed by atoms with Gasteiger partial charge in [0.2, 0.25) is 0 Å². The molecule has 2 aromatic heterocycles.